The molecule has 0 saturated heterocycles. The van der Waals surface area contributed by atoms with Crippen molar-refractivity contribution in [3.63, 3.8) is 0 Å². The Morgan fingerprint density at radius 2 is 1.75 bits per heavy atom. The molecule has 0 spiro atoms. The Hall–Kier alpha value is -0.0300. The van der Waals surface area contributed by atoms with Gasteiger partial charge >= 0.3 is 0 Å². The fourth-order valence-electron chi connectivity index (χ4n) is 0.651. The highest BCUT2D eigenvalue weighted by Gasteiger charge is 2.06. The number of unbranched alkanes of at least 4 members (excludes halogenated alkanes) is 1. The van der Waals surface area contributed by atoms with Crippen molar-refractivity contribution in [1.82, 2.24) is 0 Å². The average molecular weight is 218 g/mol. The second-order valence-electron chi connectivity index (χ2n) is 2.29. The first kappa shape index (κ1) is 17.9. The molecule has 0 fully saturated rings. The van der Waals surface area contributed by atoms with Gasteiger partial charge in [-0.1, -0.05) is 6.42 Å². The van der Waals surface area contributed by atoms with E-state index in [0.717, 1.165) is 12.8 Å². The lowest BCUT2D eigenvalue weighted by Gasteiger charge is -2.04. The molecule has 12 heavy (non-hydrogen) atoms. The van der Waals surface area contributed by atoms with Gasteiger partial charge in [-0.2, -0.15) is 0 Å². The maximum atomic E-state index is 10.4. The number of hydrogen-bond acceptors (Lipinski definition) is 3. The van der Waals surface area contributed by atoms with Crippen LogP contribution in [-0.2, 0) is 4.79 Å². The molecule has 0 rings (SSSR count). The molecule has 1 atom stereocenters. The predicted octanol–water partition coefficient (Wildman–Crippen LogP) is -0.228. The van der Waals surface area contributed by atoms with Gasteiger partial charge < -0.3 is 17.2 Å². The summed E-state index contributed by atoms with van der Waals surface area (Å²) in [5.74, 6) is -0.433. The molecule has 0 heterocycles. The Bertz CT molecular complexity index is 113. The van der Waals surface area contributed by atoms with Crippen molar-refractivity contribution in [3.05, 3.63) is 0 Å². The quantitative estimate of drug-likeness (QED) is 0.556. The monoisotopic (exact) mass is 217 g/mol. The molecule has 0 radical (unpaired) electrons. The largest absolute Gasteiger partial charge is 0.368 e. The average Bonchev–Trinajstić information content (AvgIpc) is 1.88. The third-order valence-corrected chi connectivity index (χ3v) is 1.33. The van der Waals surface area contributed by atoms with Gasteiger partial charge in [0, 0.05) is 0 Å². The van der Waals surface area contributed by atoms with Crippen LogP contribution in [0.2, 0.25) is 0 Å². The molecule has 6 N–H and O–H groups in total. The van der Waals surface area contributed by atoms with Gasteiger partial charge in [0.15, 0.2) is 0 Å². The van der Waals surface area contributed by atoms with Crippen LogP contribution in [0.5, 0.6) is 0 Å². The van der Waals surface area contributed by atoms with Crippen LogP contribution in [-0.4, -0.2) is 18.5 Å². The van der Waals surface area contributed by atoms with Gasteiger partial charge in [0.2, 0.25) is 5.91 Å². The van der Waals surface area contributed by atoms with Crippen LogP contribution in [0, 0.1) is 0 Å². The number of rotatable bonds is 5. The molecular formula is C6H17Cl2N3O. The summed E-state index contributed by atoms with van der Waals surface area (Å²) in [4.78, 5) is 10.4. The van der Waals surface area contributed by atoms with E-state index in [0.29, 0.717) is 13.0 Å². The molecule has 0 aromatic heterocycles. The standard InChI is InChI=1S/C6H15N3O.2ClH/c7-4-2-1-3-5(8)6(9)10;;/h5H,1-4,7-8H2,(H2,9,10);2*1H/t5-;;/m0../s1. The van der Waals surface area contributed by atoms with E-state index in [1.54, 1.807) is 0 Å². The first-order valence-electron chi connectivity index (χ1n) is 3.43. The van der Waals surface area contributed by atoms with Crippen LogP contribution in [0.4, 0.5) is 0 Å². The summed E-state index contributed by atoms with van der Waals surface area (Å²) in [5, 5.41) is 0. The van der Waals surface area contributed by atoms with Gasteiger partial charge in [-0.25, -0.2) is 0 Å². The van der Waals surface area contributed by atoms with E-state index in [4.69, 9.17) is 17.2 Å². The van der Waals surface area contributed by atoms with Crippen molar-refractivity contribution in [2.45, 2.75) is 25.3 Å². The number of halogens is 2. The minimum Gasteiger partial charge on any atom is -0.368 e. The Labute approximate surface area is 85.1 Å². The molecule has 0 aliphatic heterocycles. The normalized spacial score (nSPS) is 10.8. The number of amides is 1. The zero-order valence-electron chi connectivity index (χ0n) is 6.86. The van der Waals surface area contributed by atoms with Gasteiger partial charge in [-0.05, 0) is 19.4 Å². The fourth-order valence-corrected chi connectivity index (χ4v) is 0.651. The van der Waals surface area contributed by atoms with Gasteiger partial charge in [0.05, 0.1) is 6.04 Å². The number of hydrogen-bond donors (Lipinski definition) is 3. The molecule has 6 heteroatoms. The number of carbonyl (C=O) groups is 1. The van der Waals surface area contributed by atoms with E-state index >= 15 is 0 Å². The van der Waals surface area contributed by atoms with Gasteiger partial charge in [-0.15, -0.1) is 24.8 Å². The summed E-state index contributed by atoms with van der Waals surface area (Å²) >= 11 is 0. The molecule has 0 aliphatic carbocycles. The molecule has 4 nitrogen and oxygen atoms in total. The molecule has 76 valence electrons. The highest BCUT2D eigenvalue weighted by Crippen LogP contribution is 1.96. The summed E-state index contributed by atoms with van der Waals surface area (Å²) in [6.45, 7) is 0.644. The number of primary amides is 1. The number of nitrogens with two attached hydrogens (primary N) is 3. The Morgan fingerprint density at radius 1 is 1.25 bits per heavy atom. The third-order valence-electron chi connectivity index (χ3n) is 1.33. The van der Waals surface area contributed by atoms with E-state index in [1.807, 2.05) is 0 Å². The second kappa shape index (κ2) is 11.0. The minimum absolute atomic E-state index is 0. The Morgan fingerprint density at radius 3 is 2.08 bits per heavy atom. The summed E-state index contributed by atoms with van der Waals surface area (Å²) in [7, 11) is 0. The smallest absolute Gasteiger partial charge is 0.234 e. The molecule has 1 amide bonds. The van der Waals surface area contributed by atoms with Gasteiger partial charge in [0.25, 0.3) is 0 Å². The molecule has 0 aliphatic rings. The zero-order chi connectivity index (χ0) is 7.98. The van der Waals surface area contributed by atoms with Gasteiger partial charge in [0.1, 0.15) is 0 Å². The van der Waals surface area contributed by atoms with Crippen molar-refractivity contribution in [2.75, 3.05) is 6.54 Å². The van der Waals surface area contributed by atoms with E-state index < -0.39 is 11.9 Å². The van der Waals surface area contributed by atoms with Crippen LogP contribution < -0.4 is 17.2 Å². The highest BCUT2D eigenvalue weighted by atomic mass is 35.5. The van der Waals surface area contributed by atoms with E-state index in [1.165, 1.54) is 0 Å². The van der Waals surface area contributed by atoms with Crippen molar-refractivity contribution < 1.29 is 4.79 Å². The summed E-state index contributed by atoms with van der Waals surface area (Å²) in [5.41, 5.74) is 15.5. The summed E-state index contributed by atoms with van der Waals surface area (Å²) < 4.78 is 0. The second-order valence-corrected chi connectivity index (χ2v) is 2.29. The molecular weight excluding hydrogens is 201 g/mol. The van der Waals surface area contributed by atoms with E-state index in [9.17, 15) is 4.79 Å². The maximum Gasteiger partial charge on any atom is 0.234 e. The minimum atomic E-state index is -0.494. The lowest BCUT2D eigenvalue weighted by molar-refractivity contribution is -0.119. The van der Waals surface area contributed by atoms with Crippen molar-refractivity contribution in [2.24, 2.45) is 17.2 Å². The van der Waals surface area contributed by atoms with Crippen LogP contribution >= 0.6 is 24.8 Å². The predicted molar refractivity (Wildman–Crippen MR) is 54.6 cm³/mol. The van der Waals surface area contributed by atoms with Crippen molar-refractivity contribution >= 4 is 30.7 Å². The highest BCUT2D eigenvalue weighted by molar-refractivity contribution is 5.85. The summed E-state index contributed by atoms with van der Waals surface area (Å²) in [6, 6.07) is -0.494. The zero-order valence-corrected chi connectivity index (χ0v) is 8.50. The number of carbonyl (C=O) groups excluding carboxylic acids is 1. The molecule has 0 unspecified atom stereocenters. The Balaban J connectivity index is -0.000000405. The van der Waals surface area contributed by atoms with Crippen LogP contribution in [0.3, 0.4) is 0 Å². The van der Waals surface area contributed by atoms with Gasteiger partial charge in [-0.3, -0.25) is 4.79 Å². The molecule has 0 saturated carbocycles. The first-order valence-corrected chi connectivity index (χ1v) is 3.43. The van der Waals surface area contributed by atoms with Crippen LogP contribution in [0.15, 0.2) is 0 Å². The topological polar surface area (TPSA) is 95.1 Å². The summed E-state index contributed by atoms with van der Waals surface area (Å²) in [6.07, 6.45) is 2.42. The van der Waals surface area contributed by atoms with E-state index in [-0.39, 0.29) is 24.8 Å². The lowest BCUT2D eigenvalue weighted by Crippen LogP contribution is -2.36. The van der Waals surface area contributed by atoms with Crippen molar-refractivity contribution in [1.29, 1.82) is 0 Å². The first-order chi connectivity index (χ1) is 4.68. The third kappa shape index (κ3) is 9.97. The molecule has 0 bridgehead atoms. The van der Waals surface area contributed by atoms with Crippen LogP contribution in [0.25, 0.3) is 0 Å². The lowest BCUT2D eigenvalue weighted by atomic mass is 10.1. The van der Waals surface area contributed by atoms with E-state index in [2.05, 4.69) is 0 Å². The van der Waals surface area contributed by atoms with Crippen molar-refractivity contribution in [3.8, 4) is 0 Å². The van der Waals surface area contributed by atoms with Crippen LogP contribution in [0.1, 0.15) is 19.3 Å². The maximum absolute atomic E-state index is 10.4. The Kier molecular flexibility index (Phi) is 16.4. The molecule has 0 aromatic carbocycles. The molecule has 0 aromatic rings. The SMILES string of the molecule is Cl.Cl.NCCCC[C@H](N)C(N)=O. The fraction of sp³-hybridized carbons (Fsp3) is 0.833.